The first-order valence-electron chi connectivity index (χ1n) is 9.11. The van der Waals surface area contributed by atoms with E-state index in [4.69, 9.17) is 9.47 Å². The topological polar surface area (TPSA) is 50.8 Å². The lowest BCUT2D eigenvalue weighted by Gasteiger charge is -2.32. The molecule has 4 rings (SSSR count). The van der Waals surface area contributed by atoms with Crippen LogP contribution in [0.1, 0.15) is 30.7 Å². The molecule has 5 nitrogen and oxygen atoms in total. The molecule has 130 valence electrons. The SMILES string of the molecule is O=C(NCC1CCCO1)N1CC(c2ccccc2)C2COCCC21. The van der Waals surface area contributed by atoms with Gasteiger partial charge in [0, 0.05) is 44.2 Å². The van der Waals surface area contributed by atoms with Crippen molar-refractivity contribution in [3.63, 3.8) is 0 Å². The van der Waals surface area contributed by atoms with Gasteiger partial charge in [-0.15, -0.1) is 0 Å². The Morgan fingerprint density at radius 3 is 2.88 bits per heavy atom. The smallest absolute Gasteiger partial charge is 0.317 e. The monoisotopic (exact) mass is 330 g/mol. The zero-order chi connectivity index (χ0) is 16.4. The number of hydrogen-bond donors (Lipinski definition) is 1. The summed E-state index contributed by atoms with van der Waals surface area (Å²) < 4.78 is 11.3. The fourth-order valence-electron chi connectivity index (χ4n) is 4.40. The number of ether oxygens (including phenoxy) is 2. The van der Waals surface area contributed by atoms with Crippen LogP contribution in [0.2, 0.25) is 0 Å². The van der Waals surface area contributed by atoms with Gasteiger partial charge < -0.3 is 19.7 Å². The molecule has 0 spiro atoms. The summed E-state index contributed by atoms with van der Waals surface area (Å²) in [4.78, 5) is 14.8. The fraction of sp³-hybridized carbons (Fsp3) is 0.632. The van der Waals surface area contributed by atoms with E-state index in [0.717, 1.165) is 45.6 Å². The van der Waals surface area contributed by atoms with E-state index in [0.29, 0.717) is 18.4 Å². The number of hydrogen-bond acceptors (Lipinski definition) is 3. The van der Waals surface area contributed by atoms with Gasteiger partial charge in [0.2, 0.25) is 0 Å². The molecule has 0 radical (unpaired) electrons. The highest BCUT2D eigenvalue weighted by Crippen LogP contribution is 2.40. The zero-order valence-electron chi connectivity index (χ0n) is 14.0. The third-order valence-electron chi connectivity index (χ3n) is 5.67. The van der Waals surface area contributed by atoms with Crippen molar-refractivity contribution < 1.29 is 14.3 Å². The van der Waals surface area contributed by atoms with Crippen LogP contribution in [0.4, 0.5) is 4.79 Å². The van der Waals surface area contributed by atoms with Crippen LogP contribution in [0.25, 0.3) is 0 Å². The number of urea groups is 1. The standard InChI is InChI=1S/C19H26N2O3/c22-19(20-11-15-7-4-9-24-15)21-12-16(14-5-2-1-3-6-14)17-13-23-10-8-18(17)21/h1-3,5-6,15-18H,4,7-13H2,(H,20,22). The molecule has 3 heterocycles. The van der Waals surface area contributed by atoms with Crippen LogP contribution in [-0.4, -0.2) is 56.0 Å². The molecule has 1 aromatic carbocycles. The molecule has 4 unspecified atom stereocenters. The molecule has 3 fully saturated rings. The Labute approximate surface area is 143 Å². The first-order chi connectivity index (χ1) is 11.8. The van der Waals surface area contributed by atoms with Crippen molar-refractivity contribution in [3.05, 3.63) is 35.9 Å². The van der Waals surface area contributed by atoms with Crippen molar-refractivity contribution in [2.75, 3.05) is 32.9 Å². The Morgan fingerprint density at radius 2 is 2.08 bits per heavy atom. The summed E-state index contributed by atoms with van der Waals surface area (Å²) >= 11 is 0. The maximum absolute atomic E-state index is 12.8. The average molecular weight is 330 g/mol. The minimum Gasteiger partial charge on any atom is -0.381 e. The molecular weight excluding hydrogens is 304 g/mol. The van der Waals surface area contributed by atoms with Gasteiger partial charge in [0.1, 0.15) is 0 Å². The lowest BCUT2D eigenvalue weighted by atomic mass is 9.84. The van der Waals surface area contributed by atoms with Gasteiger partial charge in [0.25, 0.3) is 0 Å². The summed E-state index contributed by atoms with van der Waals surface area (Å²) in [6.07, 6.45) is 3.27. The highest BCUT2D eigenvalue weighted by molar-refractivity contribution is 5.75. The predicted octanol–water partition coefficient (Wildman–Crippen LogP) is 2.38. The van der Waals surface area contributed by atoms with Gasteiger partial charge in [-0.05, 0) is 24.8 Å². The van der Waals surface area contributed by atoms with Crippen molar-refractivity contribution in [1.82, 2.24) is 10.2 Å². The molecule has 3 saturated heterocycles. The maximum Gasteiger partial charge on any atom is 0.317 e. The number of carbonyl (C=O) groups excluding carboxylic acids is 1. The average Bonchev–Trinajstić information content (AvgIpc) is 3.28. The number of likely N-dealkylation sites (tertiary alicyclic amines) is 1. The van der Waals surface area contributed by atoms with Gasteiger partial charge >= 0.3 is 6.03 Å². The minimum atomic E-state index is 0.0563. The summed E-state index contributed by atoms with van der Waals surface area (Å²) in [6.45, 7) is 3.72. The van der Waals surface area contributed by atoms with Crippen molar-refractivity contribution in [2.24, 2.45) is 5.92 Å². The van der Waals surface area contributed by atoms with Crippen molar-refractivity contribution in [2.45, 2.75) is 37.3 Å². The molecule has 2 amide bonds. The Morgan fingerprint density at radius 1 is 1.21 bits per heavy atom. The Kier molecular flexibility index (Phi) is 4.72. The molecule has 1 N–H and O–H groups in total. The molecule has 24 heavy (non-hydrogen) atoms. The molecule has 3 aliphatic heterocycles. The van der Waals surface area contributed by atoms with Crippen molar-refractivity contribution in [3.8, 4) is 0 Å². The molecule has 1 aromatic rings. The van der Waals surface area contributed by atoms with Gasteiger partial charge in [-0.25, -0.2) is 4.79 Å². The van der Waals surface area contributed by atoms with Crippen LogP contribution >= 0.6 is 0 Å². The molecule has 5 heteroatoms. The quantitative estimate of drug-likeness (QED) is 0.926. The molecule has 0 saturated carbocycles. The molecule has 4 atom stereocenters. The molecule has 0 bridgehead atoms. The third-order valence-corrected chi connectivity index (χ3v) is 5.67. The van der Waals surface area contributed by atoms with Gasteiger partial charge in [0.15, 0.2) is 0 Å². The van der Waals surface area contributed by atoms with Gasteiger partial charge in [0.05, 0.1) is 12.7 Å². The van der Waals surface area contributed by atoms with E-state index < -0.39 is 0 Å². The highest BCUT2D eigenvalue weighted by Gasteiger charge is 2.45. The summed E-state index contributed by atoms with van der Waals surface area (Å²) in [5, 5.41) is 3.09. The highest BCUT2D eigenvalue weighted by atomic mass is 16.5. The van der Waals surface area contributed by atoms with Gasteiger partial charge in [-0.1, -0.05) is 30.3 Å². The fourth-order valence-corrected chi connectivity index (χ4v) is 4.40. The van der Waals surface area contributed by atoms with Crippen LogP contribution < -0.4 is 5.32 Å². The van der Waals surface area contributed by atoms with E-state index in [1.165, 1.54) is 5.56 Å². The lowest BCUT2D eigenvalue weighted by Crippen LogP contribution is -2.48. The number of rotatable bonds is 3. The zero-order valence-corrected chi connectivity index (χ0v) is 14.0. The second-order valence-electron chi connectivity index (χ2n) is 7.09. The Hall–Kier alpha value is -1.59. The second kappa shape index (κ2) is 7.11. The van der Waals surface area contributed by atoms with Crippen LogP contribution in [0.15, 0.2) is 30.3 Å². The normalized spacial score (nSPS) is 32.6. The first kappa shape index (κ1) is 15.9. The summed E-state index contributed by atoms with van der Waals surface area (Å²) in [7, 11) is 0. The second-order valence-corrected chi connectivity index (χ2v) is 7.09. The minimum absolute atomic E-state index is 0.0563. The van der Waals surface area contributed by atoms with Crippen LogP contribution in [-0.2, 0) is 9.47 Å². The molecular formula is C19H26N2O3. The third kappa shape index (κ3) is 3.15. The predicted molar refractivity (Wildman–Crippen MR) is 91.0 cm³/mol. The van der Waals surface area contributed by atoms with E-state index in [1.54, 1.807) is 0 Å². The summed E-state index contributed by atoms with van der Waals surface area (Å²) in [5.74, 6) is 0.764. The van der Waals surface area contributed by atoms with E-state index in [2.05, 4.69) is 29.6 Å². The first-order valence-corrected chi connectivity index (χ1v) is 9.11. The van der Waals surface area contributed by atoms with E-state index in [-0.39, 0.29) is 18.2 Å². The van der Waals surface area contributed by atoms with E-state index in [1.807, 2.05) is 11.0 Å². The summed E-state index contributed by atoms with van der Waals surface area (Å²) in [6, 6.07) is 10.9. The summed E-state index contributed by atoms with van der Waals surface area (Å²) in [5.41, 5.74) is 1.31. The molecule has 0 aromatic heterocycles. The number of nitrogens with zero attached hydrogens (tertiary/aromatic N) is 1. The van der Waals surface area contributed by atoms with E-state index in [9.17, 15) is 4.79 Å². The maximum atomic E-state index is 12.8. The number of carbonyl (C=O) groups is 1. The van der Waals surface area contributed by atoms with Gasteiger partial charge in [-0.2, -0.15) is 0 Å². The van der Waals surface area contributed by atoms with Crippen molar-refractivity contribution >= 4 is 6.03 Å². The largest absolute Gasteiger partial charge is 0.381 e. The van der Waals surface area contributed by atoms with Crippen molar-refractivity contribution in [1.29, 1.82) is 0 Å². The van der Waals surface area contributed by atoms with Crippen LogP contribution in [0.3, 0.4) is 0 Å². The molecule has 3 aliphatic rings. The number of fused-ring (bicyclic) bond motifs is 1. The van der Waals surface area contributed by atoms with Gasteiger partial charge in [-0.3, -0.25) is 0 Å². The number of amides is 2. The van der Waals surface area contributed by atoms with Crippen LogP contribution in [0, 0.1) is 5.92 Å². The number of benzene rings is 1. The number of nitrogens with one attached hydrogen (secondary N) is 1. The Balaban J connectivity index is 1.45. The van der Waals surface area contributed by atoms with E-state index >= 15 is 0 Å². The Bertz CT molecular complexity index is 559. The van der Waals surface area contributed by atoms with Crippen LogP contribution in [0.5, 0.6) is 0 Å². The molecule has 0 aliphatic carbocycles. The lowest BCUT2D eigenvalue weighted by molar-refractivity contribution is 0.0257.